The van der Waals surface area contributed by atoms with Gasteiger partial charge in [0.2, 0.25) is 0 Å². The SMILES string of the molecule is Cc1cnn(-c2ccccc2)c1Cc1cccc(O)c1. The minimum Gasteiger partial charge on any atom is -0.508 e. The molecule has 20 heavy (non-hydrogen) atoms. The molecule has 0 amide bonds. The molecule has 0 spiro atoms. The molecule has 0 aliphatic rings. The molecule has 0 fully saturated rings. The molecule has 1 N–H and O–H groups in total. The van der Waals surface area contributed by atoms with Gasteiger partial charge in [-0.1, -0.05) is 30.3 Å². The smallest absolute Gasteiger partial charge is 0.115 e. The number of hydrogen-bond acceptors (Lipinski definition) is 2. The van der Waals surface area contributed by atoms with E-state index in [0.29, 0.717) is 5.75 Å². The van der Waals surface area contributed by atoms with Crippen LogP contribution in [0.1, 0.15) is 16.8 Å². The standard InChI is InChI=1S/C17H16N2O/c1-13-12-18-19(15-7-3-2-4-8-15)17(13)11-14-6-5-9-16(20)10-14/h2-10,12,20H,11H2,1H3. The van der Waals surface area contributed by atoms with Gasteiger partial charge in [-0.25, -0.2) is 4.68 Å². The Morgan fingerprint density at radius 1 is 1.05 bits per heavy atom. The normalized spacial score (nSPS) is 10.7. The van der Waals surface area contributed by atoms with Gasteiger partial charge in [0.1, 0.15) is 5.75 Å². The number of rotatable bonds is 3. The number of benzene rings is 2. The summed E-state index contributed by atoms with van der Waals surface area (Å²) in [5.74, 6) is 0.297. The van der Waals surface area contributed by atoms with E-state index in [1.165, 1.54) is 0 Å². The van der Waals surface area contributed by atoms with Gasteiger partial charge >= 0.3 is 0 Å². The van der Waals surface area contributed by atoms with Gasteiger partial charge < -0.3 is 5.11 Å². The number of aryl methyl sites for hydroxylation is 1. The molecule has 0 atom stereocenters. The summed E-state index contributed by atoms with van der Waals surface area (Å²) < 4.78 is 1.96. The minimum atomic E-state index is 0.297. The molecule has 3 heteroatoms. The molecule has 0 saturated carbocycles. The Hall–Kier alpha value is -2.55. The molecular formula is C17H16N2O. The van der Waals surface area contributed by atoms with Crippen molar-refractivity contribution in [3.05, 3.63) is 77.6 Å². The van der Waals surface area contributed by atoms with Gasteiger partial charge in [-0.3, -0.25) is 0 Å². The average molecular weight is 264 g/mol. The zero-order valence-electron chi connectivity index (χ0n) is 11.3. The highest BCUT2D eigenvalue weighted by atomic mass is 16.3. The second-order valence-electron chi connectivity index (χ2n) is 4.87. The first-order chi connectivity index (χ1) is 9.74. The van der Waals surface area contributed by atoms with E-state index >= 15 is 0 Å². The molecule has 3 aromatic rings. The molecule has 0 unspecified atom stereocenters. The topological polar surface area (TPSA) is 38.0 Å². The van der Waals surface area contributed by atoms with Crippen molar-refractivity contribution in [2.75, 3.05) is 0 Å². The van der Waals surface area contributed by atoms with Crippen molar-refractivity contribution in [1.82, 2.24) is 9.78 Å². The van der Waals surface area contributed by atoms with Gasteiger partial charge in [-0.15, -0.1) is 0 Å². The van der Waals surface area contributed by atoms with Crippen LogP contribution in [-0.2, 0) is 6.42 Å². The lowest BCUT2D eigenvalue weighted by Gasteiger charge is -2.09. The van der Waals surface area contributed by atoms with E-state index < -0.39 is 0 Å². The van der Waals surface area contributed by atoms with Gasteiger partial charge in [0.25, 0.3) is 0 Å². The van der Waals surface area contributed by atoms with Crippen LogP contribution in [0, 0.1) is 6.92 Å². The second kappa shape index (κ2) is 5.21. The molecule has 100 valence electrons. The van der Waals surface area contributed by atoms with E-state index in [9.17, 15) is 5.11 Å². The van der Waals surface area contributed by atoms with E-state index in [-0.39, 0.29) is 0 Å². The zero-order valence-corrected chi connectivity index (χ0v) is 11.3. The third-order valence-corrected chi connectivity index (χ3v) is 3.36. The van der Waals surface area contributed by atoms with Gasteiger partial charge in [-0.2, -0.15) is 5.10 Å². The molecule has 3 nitrogen and oxygen atoms in total. The van der Waals surface area contributed by atoms with Gasteiger partial charge in [-0.05, 0) is 42.3 Å². The summed E-state index contributed by atoms with van der Waals surface area (Å²) >= 11 is 0. The summed E-state index contributed by atoms with van der Waals surface area (Å²) in [6, 6.07) is 17.4. The van der Waals surface area contributed by atoms with Gasteiger partial charge in [0, 0.05) is 6.42 Å². The van der Waals surface area contributed by atoms with Crippen LogP contribution >= 0.6 is 0 Å². The van der Waals surface area contributed by atoms with E-state index in [1.807, 2.05) is 53.3 Å². The van der Waals surface area contributed by atoms with Crippen LogP contribution in [0.4, 0.5) is 0 Å². The highest BCUT2D eigenvalue weighted by molar-refractivity contribution is 5.38. The van der Waals surface area contributed by atoms with Gasteiger partial charge in [0.15, 0.2) is 0 Å². The average Bonchev–Trinajstić information content (AvgIpc) is 2.81. The maximum absolute atomic E-state index is 9.57. The van der Waals surface area contributed by atoms with Crippen LogP contribution in [0.15, 0.2) is 60.8 Å². The quantitative estimate of drug-likeness (QED) is 0.786. The first kappa shape index (κ1) is 12.5. The monoisotopic (exact) mass is 264 g/mol. The Balaban J connectivity index is 2.00. The molecule has 1 aromatic heterocycles. The van der Waals surface area contributed by atoms with E-state index in [0.717, 1.165) is 28.9 Å². The third-order valence-electron chi connectivity index (χ3n) is 3.36. The zero-order chi connectivity index (χ0) is 13.9. The predicted octanol–water partition coefficient (Wildman–Crippen LogP) is 3.48. The fraction of sp³-hybridized carbons (Fsp3) is 0.118. The number of phenolic OH excluding ortho intramolecular Hbond substituents is 1. The van der Waals surface area contributed by atoms with Crippen LogP contribution in [0.2, 0.25) is 0 Å². The largest absolute Gasteiger partial charge is 0.508 e. The number of hydrogen-bond donors (Lipinski definition) is 1. The number of aromatic hydroxyl groups is 1. The maximum atomic E-state index is 9.57. The van der Waals surface area contributed by atoms with Crippen molar-refractivity contribution in [3.8, 4) is 11.4 Å². The number of aromatic nitrogens is 2. The number of para-hydroxylation sites is 1. The first-order valence-corrected chi connectivity index (χ1v) is 6.61. The van der Waals surface area contributed by atoms with E-state index in [1.54, 1.807) is 12.1 Å². The Morgan fingerprint density at radius 3 is 2.60 bits per heavy atom. The van der Waals surface area contributed by atoms with Crippen LogP contribution in [0.25, 0.3) is 5.69 Å². The summed E-state index contributed by atoms with van der Waals surface area (Å²) in [5.41, 5.74) is 4.42. The van der Waals surface area contributed by atoms with E-state index in [2.05, 4.69) is 12.0 Å². The molecular weight excluding hydrogens is 248 g/mol. The van der Waals surface area contributed by atoms with Crippen molar-refractivity contribution >= 4 is 0 Å². The molecule has 0 bridgehead atoms. The Kier molecular flexibility index (Phi) is 3.25. The van der Waals surface area contributed by atoms with Crippen molar-refractivity contribution < 1.29 is 5.11 Å². The molecule has 0 aliphatic carbocycles. The van der Waals surface area contributed by atoms with Gasteiger partial charge in [0.05, 0.1) is 17.6 Å². The van der Waals surface area contributed by atoms with Crippen LogP contribution in [0.5, 0.6) is 5.75 Å². The number of phenols is 1. The van der Waals surface area contributed by atoms with E-state index in [4.69, 9.17) is 0 Å². The fourth-order valence-corrected chi connectivity index (χ4v) is 2.32. The van der Waals surface area contributed by atoms with Crippen molar-refractivity contribution in [2.24, 2.45) is 0 Å². The van der Waals surface area contributed by atoms with Crippen molar-refractivity contribution in [2.45, 2.75) is 13.3 Å². The molecule has 2 aromatic carbocycles. The van der Waals surface area contributed by atoms with Crippen molar-refractivity contribution in [1.29, 1.82) is 0 Å². The molecule has 0 aliphatic heterocycles. The lowest BCUT2D eigenvalue weighted by atomic mass is 10.1. The molecule has 0 saturated heterocycles. The summed E-state index contributed by atoms with van der Waals surface area (Å²) in [5, 5.41) is 14.0. The minimum absolute atomic E-state index is 0.297. The lowest BCUT2D eigenvalue weighted by Crippen LogP contribution is -2.03. The Morgan fingerprint density at radius 2 is 1.85 bits per heavy atom. The second-order valence-corrected chi connectivity index (χ2v) is 4.87. The molecule has 0 radical (unpaired) electrons. The number of nitrogens with zero attached hydrogens (tertiary/aromatic N) is 2. The summed E-state index contributed by atoms with van der Waals surface area (Å²) in [4.78, 5) is 0. The first-order valence-electron chi connectivity index (χ1n) is 6.61. The molecule has 1 heterocycles. The Bertz CT molecular complexity index is 717. The molecule has 3 rings (SSSR count). The predicted molar refractivity (Wildman–Crippen MR) is 79.2 cm³/mol. The maximum Gasteiger partial charge on any atom is 0.115 e. The highest BCUT2D eigenvalue weighted by Gasteiger charge is 2.10. The fourth-order valence-electron chi connectivity index (χ4n) is 2.32. The lowest BCUT2D eigenvalue weighted by molar-refractivity contribution is 0.474. The van der Waals surface area contributed by atoms with Crippen LogP contribution < -0.4 is 0 Å². The third kappa shape index (κ3) is 2.43. The summed E-state index contributed by atoms with van der Waals surface area (Å²) in [7, 11) is 0. The summed E-state index contributed by atoms with van der Waals surface area (Å²) in [6.45, 7) is 2.06. The van der Waals surface area contributed by atoms with Crippen LogP contribution in [0.3, 0.4) is 0 Å². The Labute approximate surface area is 118 Å². The summed E-state index contributed by atoms with van der Waals surface area (Å²) in [6.07, 6.45) is 2.63. The highest BCUT2D eigenvalue weighted by Crippen LogP contribution is 2.20. The van der Waals surface area contributed by atoms with Crippen molar-refractivity contribution in [3.63, 3.8) is 0 Å². The van der Waals surface area contributed by atoms with Crippen LogP contribution in [-0.4, -0.2) is 14.9 Å².